The molecule has 0 aliphatic rings. The summed E-state index contributed by atoms with van der Waals surface area (Å²) >= 11 is 5.87. The van der Waals surface area contributed by atoms with Crippen molar-refractivity contribution in [3.05, 3.63) is 94.5 Å². The molecule has 0 aliphatic heterocycles. The average molecular weight is 395 g/mol. The van der Waals surface area contributed by atoms with Crippen molar-refractivity contribution in [2.45, 2.75) is 6.54 Å². The molecule has 0 fully saturated rings. The minimum atomic E-state index is -0.378. The second-order valence-corrected chi connectivity index (χ2v) is 6.48. The molecule has 0 saturated carbocycles. The van der Waals surface area contributed by atoms with Gasteiger partial charge in [-0.2, -0.15) is 0 Å². The fourth-order valence-corrected chi connectivity index (χ4v) is 2.76. The van der Waals surface area contributed by atoms with Crippen LogP contribution in [0.15, 0.2) is 72.8 Å². The van der Waals surface area contributed by atoms with Gasteiger partial charge in [-0.3, -0.25) is 9.59 Å². The van der Waals surface area contributed by atoms with E-state index >= 15 is 0 Å². The number of halogens is 1. The highest BCUT2D eigenvalue weighted by Crippen LogP contribution is 2.22. The maximum absolute atomic E-state index is 12.7. The van der Waals surface area contributed by atoms with Crippen LogP contribution in [0.25, 0.3) is 0 Å². The molecule has 3 aromatic rings. The third-order valence-electron chi connectivity index (χ3n) is 4.10. The second kappa shape index (κ2) is 9.06. The van der Waals surface area contributed by atoms with Gasteiger partial charge < -0.3 is 15.4 Å². The van der Waals surface area contributed by atoms with Crippen LogP contribution in [0.1, 0.15) is 26.3 Å². The van der Waals surface area contributed by atoms with E-state index in [4.69, 9.17) is 16.3 Å². The van der Waals surface area contributed by atoms with Crippen molar-refractivity contribution in [3.63, 3.8) is 0 Å². The largest absolute Gasteiger partial charge is 0.496 e. The minimum absolute atomic E-state index is 0.268. The van der Waals surface area contributed by atoms with Crippen LogP contribution in [0, 0.1) is 0 Å². The zero-order valence-corrected chi connectivity index (χ0v) is 16.0. The van der Waals surface area contributed by atoms with E-state index < -0.39 is 0 Å². The lowest BCUT2D eigenvalue weighted by Crippen LogP contribution is -2.23. The number of benzene rings is 3. The zero-order valence-electron chi connectivity index (χ0n) is 15.2. The van der Waals surface area contributed by atoms with Gasteiger partial charge in [0, 0.05) is 22.8 Å². The van der Waals surface area contributed by atoms with Crippen LogP contribution in [0.2, 0.25) is 5.02 Å². The molecule has 28 heavy (non-hydrogen) atoms. The smallest absolute Gasteiger partial charge is 0.259 e. The highest BCUT2D eigenvalue weighted by molar-refractivity contribution is 6.30. The van der Waals surface area contributed by atoms with Crippen molar-refractivity contribution in [3.8, 4) is 5.75 Å². The van der Waals surface area contributed by atoms with E-state index in [0.29, 0.717) is 28.6 Å². The number of nitrogens with one attached hydrogen (secondary N) is 2. The maximum Gasteiger partial charge on any atom is 0.259 e. The fraction of sp³-hybridized carbons (Fsp3) is 0.0909. The quantitative estimate of drug-likeness (QED) is 0.645. The number of amides is 2. The molecule has 142 valence electrons. The van der Waals surface area contributed by atoms with Crippen LogP contribution in [-0.4, -0.2) is 18.9 Å². The topological polar surface area (TPSA) is 67.4 Å². The predicted molar refractivity (Wildman–Crippen MR) is 110 cm³/mol. The highest BCUT2D eigenvalue weighted by atomic mass is 35.5. The third kappa shape index (κ3) is 4.90. The Kier molecular flexibility index (Phi) is 6.29. The van der Waals surface area contributed by atoms with Gasteiger partial charge in [0.25, 0.3) is 11.8 Å². The number of rotatable bonds is 6. The van der Waals surface area contributed by atoms with Crippen molar-refractivity contribution in [2.24, 2.45) is 0 Å². The summed E-state index contributed by atoms with van der Waals surface area (Å²) in [6.07, 6.45) is 0. The van der Waals surface area contributed by atoms with Crippen LogP contribution in [0.4, 0.5) is 5.69 Å². The van der Waals surface area contributed by atoms with Crippen molar-refractivity contribution in [1.29, 1.82) is 0 Å². The molecule has 2 N–H and O–H groups in total. The van der Waals surface area contributed by atoms with Gasteiger partial charge in [-0.05, 0) is 48.0 Å². The number of hydrogen-bond donors (Lipinski definition) is 2. The summed E-state index contributed by atoms with van der Waals surface area (Å²) in [5.41, 5.74) is 2.23. The Labute approximate surface area is 168 Å². The molecular weight excluding hydrogens is 376 g/mol. The van der Waals surface area contributed by atoms with Crippen LogP contribution in [0.3, 0.4) is 0 Å². The second-order valence-electron chi connectivity index (χ2n) is 6.04. The first kappa shape index (κ1) is 19.5. The molecule has 3 aromatic carbocycles. The van der Waals surface area contributed by atoms with E-state index in [2.05, 4.69) is 10.6 Å². The van der Waals surface area contributed by atoms with Gasteiger partial charge in [-0.1, -0.05) is 41.9 Å². The average Bonchev–Trinajstić information content (AvgIpc) is 2.74. The Morgan fingerprint density at radius 2 is 1.64 bits per heavy atom. The molecule has 6 heteroatoms. The molecule has 5 nitrogen and oxygen atoms in total. The van der Waals surface area contributed by atoms with E-state index in [-0.39, 0.29) is 17.4 Å². The zero-order chi connectivity index (χ0) is 19.9. The van der Waals surface area contributed by atoms with Crippen LogP contribution in [-0.2, 0) is 6.54 Å². The Balaban J connectivity index is 1.76. The summed E-state index contributed by atoms with van der Waals surface area (Å²) in [6.45, 7) is 0.401. The van der Waals surface area contributed by atoms with Gasteiger partial charge in [-0.25, -0.2) is 0 Å². The van der Waals surface area contributed by atoms with Crippen LogP contribution >= 0.6 is 11.6 Å². The summed E-state index contributed by atoms with van der Waals surface area (Å²) in [7, 11) is 1.48. The Hall–Kier alpha value is -3.31. The summed E-state index contributed by atoms with van der Waals surface area (Å²) in [5, 5.41) is 6.20. The molecule has 0 heterocycles. The third-order valence-corrected chi connectivity index (χ3v) is 4.36. The first-order valence-corrected chi connectivity index (χ1v) is 9.01. The number of anilines is 1. The van der Waals surface area contributed by atoms with Gasteiger partial charge in [0.2, 0.25) is 0 Å². The number of carbonyl (C=O) groups is 2. The fourth-order valence-electron chi connectivity index (χ4n) is 2.64. The van der Waals surface area contributed by atoms with E-state index in [1.54, 1.807) is 36.4 Å². The van der Waals surface area contributed by atoms with Crippen LogP contribution < -0.4 is 15.4 Å². The molecule has 0 unspecified atom stereocenters. The van der Waals surface area contributed by atoms with E-state index in [9.17, 15) is 9.59 Å². The lowest BCUT2D eigenvalue weighted by atomic mass is 10.1. The van der Waals surface area contributed by atoms with Gasteiger partial charge in [-0.15, -0.1) is 0 Å². The molecule has 0 radical (unpaired) electrons. The molecule has 0 bridgehead atoms. The molecule has 0 saturated heterocycles. The normalized spacial score (nSPS) is 10.2. The SMILES string of the molecule is COc1ccc(C(=O)NCc2ccccc2)cc1C(=O)Nc1ccc(Cl)cc1. The van der Waals surface area contributed by atoms with Crippen molar-refractivity contribution in [2.75, 3.05) is 12.4 Å². The molecular formula is C22H19ClN2O3. The summed E-state index contributed by atoms with van der Waals surface area (Å²) in [4.78, 5) is 25.2. The molecule has 0 atom stereocenters. The minimum Gasteiger partial charge on any atom is -0.496 e. The molecule has 0 aliphatic carbocycles. The van der Waals surface area contributed by atoms with Gasteiger partial charge in [0.15, 0.2) is 0 Å². The van der Waals surface area contributed by atoms with Gasteiger partial charge in [0.05, 0.1) is 12.7 Å². The Bertz CT molecular complexity index is 973. The Morgan fingerprint density at radius 1 is 0.929 bits per heavy atom. The van der Waals surface area contributed by atoms with Crippen LogP contribution in [0.5, 0.6) is 5.75 Å². The molecule has 3 rings (SSSR count). The molecule has 0 spiro atoms. The first-order chi connectivity index (χ1) is 13.6. The lowest BCUT2D eigenvalue weighted by molar-refractivity contribution is 0.0951. The summed E-state index contributed by atoms with van der Waals surface area (Å²) in [6, 6.07) is 21.1. The molecule has 0 aromatic heterocycles. The number of methoxy groups -OCH3 is 1. The molecule has 2 amide bonds. The number of ether oxygens (including phenoxy) is 1. The van der Waals surface area contributed by atoms with E-state index in [1.165, 1.54) is 13.2 Å². The highest BCUT2D eigenvalue weighted by Gasteiger charge is 2.16. The number of carbonyl (C=O) groups excluding carboxylic acids is 2. The van der Waals surface area contributed by atoms with Crippen molar-refractivity contribution < 1.29 is 14.3 Å². The van der Waals surface area contributed by atoms with Crippen molar-refractivity contribution in [1.82, 2.24) is 5.32 Å². The van der Waals surface area contributed by atoms with E-state index in [1.807, 2.05) is 30.3 Å². The van der Waals surface area contributed by atoms with Crippen molar-refractivity contribution >= 4 is 29.1 Å². The summed E-state index contributed by atoms with van der Waals surface area (Å²) in [5.74, 6) is -0.269. The maximum atomic E-state index is 12.7. The predicted octanol–water partition coefficient (Wildman–Crippen LogP) is 4.53. The Morgan fingerprint density at radius 3 is 2.32 bits per heavy atom. The van der Waals surface area contributed by atoms with Gasteiger partial charge >= 0.3 is 0 Å². The first-order valence-electron chi connectivity index (χ1n) is 8.64. The van der Waals surface area contributed by atoms with Gasteiger partial charge in [0.1, 0.15) is 5.75 Å². The summed E-state index contributed by atoms with van der Waals surface area (Å²) < 4.78 is 5.27. The van der Waals surface area contributed by atoms with E-state index in [0.717, 1.165) is 5.56 Å². The standard InChI is InChI=1S/C22H19ClN2O3/c1-28-20-12-7-16(21(26)24-14-15-5-3-2-4-6-15)13-19(20)22(27)25-18-10-8-17(23)9-11-18/h2-13H,14H2,1H3,(H,24,26)(H,25,27). The number of hydrogen-bond acceptors (Lipinski definition) is 3. The monoisotopic (exact) mass is 394 g/mol. The lowest BCUT2D eigenvalue weighted by Gasteiger charge is -2.12.